The SMILES string of the molecule is CN=C(NCC(=O)NCc1ccco1)NC1CCN(c2c(F)cccc2F)C1.I. The van der Waals surface area contributed by atoms with Crippen molar-refractivity contribution in [2.75, 3.05) is 31.6 Å². The van der Waals surface area contributed by atoms with Crippen LogP contribution in [0.25, 0.3) is 0 Å². The molecule has 3 N–H and O–H groups in total. The lowest BCUT2D eigenvalue weighted by atomic mass is 10.2. The number of anilines is 1. The number of nitrogens with one attached hydrogen (secondary N) is 3. The highest BCUT2D eigenvalue weighted by molar-refractivity contribution is 14.0. The lowest BCUT2D eigenvalue weighted by Gasteiger charge is -2.21. The Labute approximate surface area is 185 Å². The maximum absolute atomic E-state index is 14.0. The molecule has 29 heavy (non-hydrogen) atoms. The Morgan fingerprint density at radius 1 is 1.24 bits per heavy atom. The molecule has 10 heteroatoms. The number of para-hydroxylation sites is 1. The first-order chi connectivity index (χ1) is 13.6. The molecular weight excluding hydrogens is 495 g/mol. The fourth-order valence-corrected chi connectivity index (χ4v) is 3.09. The van der Waals surface area contributed by atoms with Crippen LogP contribution in [0.15, 0.2) is 46.0 Å². The van der Waals surface area contributed by atoms with Gasteiger partial charge in [-0.3, -0.25) is 9.79 Å². The minimum atomic E-state index is -0.573. The van der Waals surface area contributed by atoms with Gasteiger partial charge in [0, 0.05) is 26.2 Å². The van der Waals surface area contributed by atoms with Gasteiger partial charge >= 0.3 is 0 Å². The van der Waals surface area contributed by atoms with Crippen LogP contribution in [0.3, 0.4) is 0 Å². The molecule has 158 valence electrons. The normalized spacial score (nSPS) is 16.3. The lowest BCUT2D eigenvalue weighted by Crippen LogP contribution is -2.47. The molecule has 2 aromatic rings. The Morgan fingerprint density at radius 3 is 2.66 bits per heavy atom. The summed E-state index contributed by atoms with van der Waals surface area (Å²) in [6.45, 7) is 1.31. The molecule has 1 aliphatic rings. The predicted octanol–water partition coefficient (Wildman–Crippen LogP) is 2.24. The van der Waals surface area contributed by atoms with Crippen molar-refractivity contribution in [2.24, 2.45) is 4.99 Å². The molecule has 1 amide bonds. The smallest absolute Gasteiger partial charge is 0.239 e. The number of benzene rings is 1. The van der Waals surface area contributed by atoms with Gasteiger partial charge in [-0.05, 0) is 30.7 Å². The highest BCUT2D eigenvalue weighted by Crippen LogP contribution is 2.26. The lowest BCUT2D eigenvalue weighted by molar-refractivity contribution is -0.120. The van der Waals surface area contributed by atoms with Gasteiger partial charge in [0.25, 0.3) is 0 Å². The molecule has 1 aromatic carbocycles. The zero-order valence-electron chi connectivity index (χ0n) is 16.0. The van der Waals surface area contributed by atoms with E-state index in [4.69, 9.17) is 4.42 Å². The number of carbonyl (C=O) groups excluding carboxylic acids is 1. The van der Waals surface area contributed by atoms with Crippen molar-refractivity contribution in [2.45, 2.75) is 19.0 Å². The molecule has 1 saturated heterocycles. The van der Waals surface area contributed by atoms with Gasteiger partial charge in [-0.2, -0.15) is 0 Å². The van der Waals surface area contributed by atoms with Gasteiger partial charge in [0.05, 0.1) is 19.4 Å². The molecule has 0 bridgehead atoms. The summed E-state index contributed by atoms with van der Waals surface area (Å²) in [4.78, 5) is 17.7. The fourth-order valence-electron chi connectivity index (χ4n) is 3.09. The van der Waals surface area contributed by atoms with E-state index in [0.29, 0.717) is 37.8 Å². The number of carbonyl (C=O) groups is 1. The molecule has 3 rings (SSSR count). The van der Waals surface area contributed by atoms with E-state index >= 15 is 0 Å². The van der Waals surface area contributed by atoms with Crippen molar-refractivity contribution < 1.29 is 18.0 Å². The molecule has 1 unspecified atom stereocenters. The summed E-state index contributed by atoms with van der Waals surface area (Å²) in [6.07, 6.45) is 2.24. The standard InChI is InChI=1S/C19H23F2N5O2.HI/c1-22-19(24-11-17(27)23-10-14-4-3-9-28-14)25-13-7-8-26(12-13)18-15(20)5-2-6-16(18)21;/h2-6,9,13H,7-8,10-12H2,1H3,(H,23,27)(H2,22,24,25);1H. The van der Waals surface area contributed by atoms with Crippen LogP contribution >= 0.6 is 24.0 Å². The third kappa shape index (κ3) is 6.31. The van der Waals surface area contributed by atoms with E-state index in [2.05, 4.69) is 20.9 Å². The van der Waals surface area contributed by atoms with Crippen molar-refractivity contribution in [3.05, 3.63) is 54.0 Å². The number of amides is 1. The van der Waals surface area contributed by atoms with Gasteiger partial charge in [-0.1, -0.05) is 6.07 Å². The van der Waals surface area contributed by atoms with Gasteiger partial charge in [0.15, 0.2) is 5.96 Å². The third-order valence-electron chi connectivity index (χ3n) is 4.46. The number of nitrogens with zero attached hydrogens (tertiary/aromatic N) is 2. The van der Waals surface area contributed by atoms with Crippen LogP contribution in [0.1, 0.15) is 12.2 Å². The second kappa shape index (κ2) is 11.0. The van der Waals surface area contributed by atoms with E-state index in [1.165, 1.54) is 18.2 Å². The van der Waals surface area contributed by atoms with Gasteiger partial charge in [0.1, 0.15) is 23.1 Å². The van der Waals surface area contributed by atoms with Crippen LogP contribution < -0.4 is 20.9 Å². The van der Waals surface area contributed by atoms with Crippen molar-refractivity contribution >= 4 is 41.5 Å². The van der Waals surface area contributed by atoms with Crippen molar-refractivity contribution in [1.29, 1.82) is 0 Å². The molecule has 7 nitrogen and oxygen atoms in total. The van der Waals surface area contributed by atoms with Gasteiger partial charge < -0.3 is 25.3 Å². The zero-order valence-corrected chi connectivity index (χ0v) is 18.3. The average molecular weight is 519 g/mol. The molecule has 1 fully saturated rings. The summed E-state index contributed by atoms with van der Waals surface area (Å²) >= 11 is 0. The average Bonchev–Trinajstić information content (AvgIpc) is 3.35. The summed E-state index contributed by atoms with van der Waals surface area (Å²) in [5, 5.41) is 8.85. The van der Waals surface area contributed by atoms with Crippen LogP contribution in [0.5, 0.6) is 0 Å². The Bertz CT molecular complexity index is 812. The van der Waals surface area contributed by atoms with Crippen LogP contribution in [0.2, 0.25) is 0 Å². The van der Waals surface area contributed by atoms with Crippen LogP contribution in [-0.4, -0.2) is 44.6 Å². The number of hydrogen-bond donors (Lipinski definition) is 3. The van der Waals surface area contributed by atoms with Crippen LogP contribution in [0, 0.1) is 11.6 Å². The number of halogens is 3. The largest absolute Gasteiger partial charge is 0.467 e. The summed E-state index contributed by atoms with van der Waals surface area (Å²) < 4.78 is 33.1. The molecule has 2 heterocycles. The highest BCUT2D eigenvalue weighted by Gasteiger charge is 2.27. The molecule has 0 aliphatic carbocycles. The third-order valence-corrected chi connectivity index (χ3v) is 4.46. The summed E-state index contributed by atoms with van der Waals surface area (Å²) in [5.41, 5.74) is -0.00736. The van der Waals surface area contributed by atoms with Crippen molar-refractivity contribution in [3.8, 4) is 0 Å². The monoisotopic (exact) mass is 519 g/mol. The zero-order chi connectivity index (χ0) is 19.9. The first-order valence-electron chi connectivity index (χ1n) is 9.02. The quantitative estimate of drug-likeness (QED) is 0.310. The Morgan fingerprint density at radius 2 is 2.00 bits per heavy atom. The topological polar surface area (TPSA) is 81.9 Å². The minimum Gasteiger partial charge on any atom is -0.467 e. The molecule has 1 aromatic heterocycles. The molecule has 1 atom stereocenters. The van der Waals surface area contributed by atoms with E-state index in [1.54, 1.807) is 30.3 Å². The van der Waals surface area contributed by atoms with Crippen molar-refractivity contribution in [1.82, 2.24) is 16.0 Å². The molecule has 0 spiro atoms. The summed E-state index contributed by atoms with van der Waals surface area (Å²) in [6, 6.07) is 7.34. The van der Waals surface area contributed by atoms with E-state index in [-0.39, 0.29) is 48.2 Å². The van der Waals surface area contributed by atoms with Gasteiger partial charge in [-0.15, -0.1) is 24.0 Å². The number of guanidine groups is 1. The first kappa shape index (κ1) is 22.9. The summed E-state index contributed by atoms with van der Waals surface area (Å²) in [7, 11) is 1.60. The Kier molecular flexibility index (Phi) is 8.68. The predicted molar refractivity (Wildman–Crippen MR) is 117 cm³/mol. The number of aliphatic imine (C=N–C) groups is 1. The fraction of sp³-hybridized carbons (Fsp3) is 0.368. The Hall–Kier alpha value is -2.37. The van der Waals surface area contributed by atoms with Gasteiger partial charge in [-0.25, -0.2) is 8.78 Å². The summed E-state index contributed by atoms with van der Waals surface area (Å²) in [5.74, 6) is -0.232. The van der Waals surface area contributed by atoms with Crippen LogP contribution in [0.4, 0.5) is 14.5 Å². The molecule has 0 radical (unpaired) electrons. The van der Waals surface area contributed by atoms with E-state index in [1.807, 2.05) is 0 Å². The number of rotatable bonds is 6. The van der Waals surface area contributed by atoms with E-state index in [9.17, 15) is 13.6 Å². The van der Waals surface area contributed by atoms with Gasteiger partial charge in [0.2, 0.25) is 5.91 Å². The Balaban J connectivity index is 0.00000300. The number of furan rings is 1. The maximum atomic E-state index is 14.0. The molecule has 0 saturated carbocycles. The molecule has 1 aliphatic heterocycles. The first-order valence-corrected chi connectivity index (χ1v) is 9.02. The minimum absolute atomic E-state index is 0. The van der Waals surface area contributed by atoms with Crippen LogP contribution in [-0.2, 0) is 11.3 Å². The van der Waals surface area contributed by atoms with Crippen molar-refractivity contribution in [3.63, 3.8) is 0 Å². The highest BCUT2D eigenvalue weighted by atomic mass is 127. The second-order valence-corrected chi connectivity index (χ2v) is 6.43. The molecular formula is C19H24F2IN5O2. The number of hydrogen-bond acceptors (Lipinski definition) is 4. The second-order valence-electron chi connectivity index (χ2n) is 6.43. The van der Waals surface area contributed by atoms with E-state index < -0.39 is 11.6 Å². The maximum Gasteiger partial charge on any atom is 0.239 e. The van der Waals surface area contributed by atoms with E-state index in [0.717, 1.165) is 0 Å².